The highest BCUT2D eigenvalue weighted by molar-refractivity contribution is 7.92. The van der Waals surface area contributed by atoms with Gasteiger partial charge in [-0.05, 0) is 42.0 Å². The van der Waals surface area contributed by atoms with Crippen LogP contribution in [0.4, 0.5) is 4.39 Å². The maximum Gasteiger partial charge on any atom is 0.183 e. The van der Waals surface area contributed by atoms with Crippen LogP contribution >= 0.6 is 11.6 Å². The van der Waals surface area contributed by atoms with Gasteiger partial charge in [0.15, 0.2) is 9.84 Å². The summed E-state index contributed by atoms with van der Waals surface area (Å²) in [4.78, 5) is 0.126. The van der Waals surface area contributed by atoms with Gasteiger partial charge in [-0.2, -0.15) is 5.26 Å². The van der Waals surface area contributed by atoms with E-state index in [2.05, 4.69) is 0 Å². The van der Waals surface area contributed by atoms with Crippen molar-refractivity contribution >= 4 is 21.4 Å². The minimum Gasteiger partial charge on any atom is -0.223 e. The molecule has 3 atom stereocenters. The number of benzene rings is 2. The zero-order chi connectivity index (χ0) is 15.9. The van der Waals surface area contributed by atoms with Crippen LogP contribution in [0.15, 0.2) is 53.4 Å². The molecule has 0 bridgehead atoms. The molecule has 0 aliphatic heterocycles. The van der Waals surface area contributed by atoms with Gasteiger partial charge < -0.3 is 0 Å². The molecule has 22 heavy (non-hydrogen) atoms. The molecule has 0 spiro atoms. The largest absolute Gasteiger partial charge is 0.223 e. The van der Waals surface area contributed by atoms with Gasteiger partial charge in [-0.1, -0.05) is 23.7 Å². The highest BCUT2D eigenvalue weighted by atomic mass is 35.5. The number of nitrogens with zero attached hydrogens (tertiary/aromatic N) is 1. The Balaban J connectivity index is 1.98. The summed E-state index contributed by atoms with van der Waals surface area (Å²) in [5.41, 5.74) is 0.536. The molecule has 0 saturated heterocycles. The fourth-order valence-electron chi connectivity index (χ4n) is 2.72. The topological polar surface area (TPSA) is 57.9 Å². The highest BCUT2D eigenvalue weighted by Crippen LogP contribution is 2.53. The molecule has 112 valence electrons. The Kier molecular flexibility index (Phi) is 3.67. The average molecular weight is 336 g/mol. The quantitative estimate of drug-likeness (QED) is 0.861. The van der Waals surface area contributed by atoms with E-state index in [0.717, 1.165) is 0 Å². The Morgan fingerprint density at radius 1 is 1.14 bits per heavy atom. The van der Waals surface area contributed by atoms with Gasteiger partial charge in [0.1, 0.15) is 5.82 Å². The van der Waals surface area contributed by atoms with Gasteiger partial charge >= 0.3 is 0 Å². The van der Waals surface area contributed by atoms with Gasteiger partial charge in [0.2, 0.25) is 0 Å². The summed E-state index contributed by atoms with van der Waals surface area (Å²) in [5, 5.41) is 8.79. The first-order valence-electron chi connectivity index (χ1n) is 6.59. The van der Waals surface area contributed by atoms with Crippen LogP contribution in [0.1, 0.15) is 11.5 Å². The first-order valence-corrected chi connectivity index (χ1v) is 8.52. The maximum absolute atomic E-state index is 13.3. The molecule has 0 N–H and O–H groups in total. The van der Waals surface area contributed by atoms with E-state index in [9.17, 15) is 18.1 Å². The average Bonchev–Trinajstić information content (AvgIpc) is 3.23. The van der Waals surface area contributed by atoms with Crippen LogP contribution in [0.25, 0.3) is 0 Å². The van der Waals surface area contributed by atoms with Gasteiger partial charge in [0.25, 0.3) is 0 Å². The zero-order valence-electron chi connectivity index (χ0n) is 11.3. The summed E-state index contributed by atoms with van der Waals surface area (Å²) >= 11 is 5.77. The monoisotopic (exact) mass is 335 g/mol. The molecule has 3 nitrogen and oxygen atoms in total. The van der Waals surface area contributed by atoms with Crippen LogP contribution in [-0.4, -0.2) is 13.7 Å². The minimum atomic E-state index is -3.66. The van der Waals surface area contributed by atoms with Gasteiger partial charge in [-0.25, -0.2) is 12.8 Å². The first-order chi connectivity index (χ1) is 10.4. The van der Waals surface area contributed by atoms with Crippen molar-refractivity contribution in [3.8, 4) is 6.07 Å². The van der Waals surface area contributed by atoms with Crippen molar-refractivity contribution in [1.82, 2.24) is 0 Å². The zero-order valence-corrected chi connectivity index (χ0v) is 12.9. The lowest BCUT2D eigenvalue weighted by Gasteiger charge is -2.04. The lowest BCUT2D eigenvalue weighted by Crippen LogP contribution is -2.10. The third kappa shape index (κ3) is 2.49. The van der Waals surface area contributed by atoms with Crippen molar-refractivity contribution < 1.29 is 12.8 Å². The lowest BCUT2D eigenvalue weighted by atomic mass is 10.1. The molecule has 6 heteroatoms. The van der Waals surface area contributed by atoms with Crippen molar-refractivity contribution in [3.05, 3.63) is 64.9 Å². The summed E-state index contributed by atoms with van der Waals surface area (Å²) < 4.78 is 38.6. The second-order valence-electron chi connectivity index (χ2n) is 5.20. The predicted molar refractivity (Wildman–Crippen MR) is 80.7 cm³/mol. The fraction of sp³-hybridized carbons (Fsp3) is 0.188. The molecule has 1 fully saturated rings. The lowest BCUT2D eigenvalue weighted by molar-refractivity contribution is 0.593. The Labute approximate surface area is 132 Å². The van der Waals surface area contributed by atoms with Crippen molar-refractivity contribution in [2.75, 3.05) is 0 Å². The smallest absolute Gasteiger partial charge is 0.183 e. The van der Waals surface area contributed by atoms with E-state index in [1.807, 2.05) is 6.07 Å². The molecule has 0 aromatic heterocycles. The molecular weight excluding hydrogens is 325 g/mol. The molecule has 0 unspecified atom stereocenters. The van der Waals surface area contributed by atoms with Crippen LogP contribution in [0, 0.1) is 23.1 Å². The Morgan fingerprint density at radius 3 is 2.41 bits per heavy atom. The number of nitriles is 1. The third-order valence-electron chi connectivity index (χ3n) is 3.84. The third-order valence-corrected chi connectivity index (χ3v) is 6.32. The Morgan fingerprint density at radius 2 is 1.82 bits per heavy atom. The maximum atomic E-state index is 13.3. The Bertz CT molecular complexity index is 858. The number of rotatable bonds is 3. The second kappa shape index (κ2) is 5.38. The van der Waals surface area contributed by atoms with Crippen molar-refractivity contribution in [2.45, 2.75) is 16.1 Å². The van der Waals surface area contributed by atoms with E-state index in [0.29, 0.717) is 10.6 Å². The van der Waals surface area contributed by atoms with Crippen LogP contribution < -0.4 is 0 Å². The summed E-state index contributed by atoms with van der Waals surface area (Å²) in [6.07, 6.45) is 0. The SMILES string of the molecule is N#C[C@@H]1[C@@H](c2cccc(F)c2)[C@@H]1S(=O)(=O)c1ccc(Cl)cc1. The molecule has 2 aromatic rings. The van der Waals surface area contributed by atoms with Crippen LogP contribution in [0.5, 0.6) is 0 Å². The van der Waals surface area contributed by atoms with E-state index in [1.165, 1.54) is 42.5 Å². The highest BCUT2D eigenvalue weighted by Gasteiger charge is 2.59. The number of halogens is 2. The first kappa shape index (κ1) is 15.0. The van der Waals surface area contributed by atoms with E-state index in [-0.39, 0.29) is 4.90 Å². The molecule has 1 aliphatic carbocycles. The van der Waals surface area contributed by atoms with Gasteiger partial charge in [0.05, 0.1) is 22.1 Å². The standard InChI is InChI=1S/C16H11ClFNO2S/c17-11-4-6-13(7-5-11)22(20,21)16-14(9-19)15(16)10-2-1-3-12(18)8-10/h1-8,14-16H/t14-,15-,16-/m1/s1. The van der Waals surface area contributed by atoms with Gasteiger partial charge in [0, 0.05) is 10.9 Å². The minimum absolute atomic E-state index is 0.126. The van der Waals surface area contributed by atoms with Crippen LogP contribution in [0.3, 0.4) is 0 Å². The molecule has 2 aromatic carbocycles. The number of hydrogen-bond donors (Lipinski definition) is 0. The predicted octanol–water partition coefficient (Wildman–Crippen LogP) is 3.56. The summed E-state index contributed by atoms with van der Waals surface area (Å²) in [6, 6.07) is 13.6. The summed E-state index contributed by atoms with van der Waals surface area (Å²) in [7, 11) is -3.66. The Hall–Kier alpha value is -1.90. The van der Waals surface area contributed by atoms with Crippen LogP contribution in [0.2, 0.25) is 5.02 Å². The molecule has 1 saturated carbocycles. The van der Waals surface area contributed by atoms with E-state index < -0.39 is 32.7 Å². The summed E-state index contributed by atoms with van der Waals surface area (Å²) in [6.45, 7) is 0. The van der Waals surface area contributed by atoms with Gasteiger partial charge in [-0.3, -0.25) is 0 Å². The van der Waals surface area contributed by atoms with E-state index in [4.69, 9.17) is 11.6 Å². The van der Waals surface area contributed by atoms with Crippen molar-refractivity contribution in [2.24, 2.45) is 5.92 Å². The number of hydrogen-bond acceptors (Lipinski definition) is 3. The number of sulfone groups is 1. The van der Waals surface area contributed by atoms with E-state index in [1.54, 1.807) is 6.07 Å². The molecular formula is C16H11ClFNO2S. The normalized spacial score (nSPS) is 23.8. The summed E-state index contributed by atoms with van der Waals surface area (Å²) in [5.74, 6) is -1.60. The molecule has 0 amide bonds. The van der Waals surface area contributed by atoms with Crippen molar-refractivity contribution in [3.63, 3.8) is 0 Å². The fourth-order valence-corrected chi connectivity index (χ4v) is 4.91. The molecule has 3 rings (SSSR count). The molecule has 0 heterocycles. The molecule has 0 radical (unpaired) electrons. The van der Waals surface area contributed by atoms with Crippen molar-refractivity contribution in [1.29, 1.82) is 5.26 Å². The second-order valence-corrected chi connectivity index (χ2v) is 7.74. The van der Waals surface area contributed by atoms with E-state index >= 15 is 0 Å². The van der Waals surface area contributed by atoms with Crippen LogP contribution in [-0.2, 0) is 9.84 Å². The van der Waals surface area contributed by atoms with Gasteiger partial charge in [-0.15, -0.1) is 0 Å². The molecule has 1 aliphatic rings.